The highest BCUT2D eigenvalue weighted by atomic mass is 16.4. The molecule has 0 aliphatic rings. The average Bonchev–Trinajstić information content (AvgIpc) is 2.78. The molecule has 0 saturated heterocycles. The van der Waals surface area contributed by atoms with Gasteiger partial charge < -0.3 is 15.3 Å². The highest BCUT2D eigenvalue weighted by Crippen LogP contribution is 2.22. The summed E-state index contributed by atoms with van der Waals surface area (Å²) >= 11 is 0. The topological polar surface area (TPSA) is 174 Å². The minimum atomic E-state index is -1.01. The predicted molar refractivity (Wildman–Crippen MR) is 131 cm³/mol. The van der Waals surface area contributed by atoms with Crippen molar-refractivity contribution in [2.75, 3.05) is 6.54 Å². The standard InChI is InChI=1S/C24H48N4O6/c25-27-28-26-19-12-10-8-6-4-2-1-3-5-7-9-11-14-20(23(31)32)15-13-16-21(24(33)34)17-18-22(29)30/h20-21,26-28H,1-19,25H2,(H,29,30)(H,31,32)(H,33,34). The smallest absolute Gasteiger partial charge is 0.306 e. The first kappa shape index (κ1) is 32.2. The number of hydrogen-bond donors (Lipinski definition) is 7. The van der Waals surface area contributed by atoms with E-state index in [1.165, 1.54) is 51.4 Å². The molecule has 2 unspecified atom stereocenters. The van der Waals surface area contributed by atoms with Gasteiger partial charge in [-0.3, -0.25) is 20.2 Å². The number of nitrogens with two attached hydrogens (primary N) is 1. The molecule has 0 aromatic rings. The fourth-order valence-electron chi connectivity index (χ4n) is 4.18. The lowest BCUT2D eigenvalue weighted by Crippen LogP contribution is -2.47. The molecule has 0 amide bonds. The molecule has 0 aliphatic heterocycles. The van der Waals surface area contributed by atoms with Crippen LogP contribution in [0, 0.1) is 11.8 Å². The maximum atomic E-state index is 11.5. The van der Waals surface area contributed by atoms with E-state index in [4.69, 9.17) is 10.9 Å². The van der Waals surface area contributed by atoms with Gasteiger partial charge in [0, 0.05) is 13.0 Å². The zero-order valence-corrected chi connectivity index (χ0v) is 20.7. The van der Waals surface area contributed by atoms with Gasteiger partial charge in [-0.05, 0) is 32.1 Å². The molecule has 2 atom stereocenters. The van der Waals surface area contributed by atoms with Gasteiger partial charge in [0.05, 0.1) is 11.8 Å². The molecule has 34 heavy (non-hydrogen) atoms. The zero-order chi connectivity index (χ0) is 25.4. The first-order valence-corrected chi connectivity index (χ1v) is 13.0. The van der Waals surface area contributed by atoms with E-state index >= 15 is 0 Å². The van der Waals surface area contributed by atoms with Crippen LogP contribution >= 0.6 is 0 Å². The minimum absolute atomic E-state index is 0.0890. The summed E-state index contributed by atoms with van der Waals surface area (Å²) in [7, 11) is 0. The molecule has 0 bridgehead atoms. The zero-order valence-electron chi connectivity index (χ0n) is 20.7. The van der Waals surface area contributed by atoms with E-state index in [1.54, 1.807) is 0 Å². The summed E-state index contributed by atoms with van der Waals surface area (Å²) in [4.78, 5) is 33.4. The summed E-state index contributed by atoms with van der Waals surface area (Å²) in [6.45, 7) is 0.900. The molecule has 0 fully saturated rings. The number of carboxylic acids is 3. The summed E-state index contributed by atoms with van der Waals surface area (Å²) < 4.78 is 0. The molecule has 200 valence electrons. The predicted octanol–water partition coefficient (Wildman–Crippen LogP) is 3.97. The highest BCUT2D eigenvalue weighted by Gasteiger charge is 2.21. The Bertz CT molecular complexity index is 536. The normalized spacial score (nSPS) is 13.0. The second-order valence-electron chi connectivity index (χ2n) is 9.16. The quantitative estimate of drug-likeness (QED) is 0.0536. The van der Waals surface area contributed by atoms with Crippen molar-refractivity contribution in [3.63, 3.8) is 0 Å². The van der Waals surface area contributed by atoms with Gasteiger partial charge in [-0.25, -0.2) is 5.43 Å². The minimum Gasteiger partial charge on any atom is -0.481 e. The number of rotatable bonds is 26. The molecule has 0 radical (unpaired) electrons. The van der Waals surface area contributed by atoms with Crippen LogP contribution in [0.15, 0.2) is 0 Å². The van der Waals surface area contributed by atoms with E-state index in [0.717, 1.165) is 32.2 Å². The average molecular weight is 489 g/mol. The summed E-state index contributed by atoms with van der Waals surface area (Å²) in [5.41, 5.74) is 7.93. The Kier molecular flexibility index (Phi) is 21.8. The number of carbonyl (C=O) groups is 3. The van der Waals surface area contributed by atoms with Crippen molar-refractivity contribution in [3.05, 3.63) is 0 Å². The van der Waals surface area contributed by atoms with Crippen LogP contribution in [0.2, 0.25) is 0 Å². The molecule has 8 N–H and O–H groups in total. The van der Waals surface area contributed by atoms with E-state index in [2.05, 4.69) is 16.5 Å². The van der Waals surface area contributed by atoms with Crippen LogP contribution in [0.25, 0.3) is 0 Å². The molecule has 0 aromatic carbocycles. The molecule has 0 rings (SSSR count). The van der Waals surface area contributed by atoms with E-state index in [1.807, 2.05) is 0 Å². The second kappa shape index (κ2) is 23.0. The number of nitrogens with one attached hydrogen (secondary N) is 3. The van der Waals surface area contributed by atoms with Crippen LogP contribution in [0.5, 0.6) is 0 Å². The number of hydrazine groups is 3. The van der Waals surface area contributed by atoms with Crippen LogP contribution in [0.4, 0.5) is 0 Å². The third kappa shape index (κ3) is 20.8. The Labute approximate surface area is 204 Å². The summed E-state index contributed by atoms with van der Waals surface area (Å²) in [6, 6.07) is 0. The molecule has 0 heterocycles. The van der Waals surface area contributed by atoms with E-state index in [-0.39, 0.29) is 12.8 Å². The number of hydrogen-bond acceptors (Lipinski definition) is 7. The van der Waals surface area contributed by atoms with Gasteiger partial charge in [-0.15, -0.1) is 0 Å². The number of unbranched alkanes of at least 4 members (excludes halogenated alkanes) is 11. The lowest BCUT2D eigenvalue weighted by atomic mass is 9.91. The third-order valence-corrected chi connectivity index (χ3v) is 6.28. The summed E-state index contributed by atoms with van der Waals surface area (Å²) in [5.74, 6) is 1.08. The third-order valence-electron chi connectivity index (χ3n) is 6.28. The Morgan fingerprint density at radius 1 is 0.588 bits per heavy atom. The fraction of sp³-hybridized carbons (Fsp3) is 0.875. The molecule has 0 aromatic heterocycles. The van der Waals surface area contributed by atoms with E-state index < -0.39 is 29.7 Å². The maximum Gasteiger partial charge on any atom is 0.306 e. The van der Waals surface area contributed by atoms with Crippen molar-refractivity contribution >= 4 is 17.9 Å². The van der Waals surface area contributed by atoms with Crippen molar-refractivity contribution in [2.24, 2.45) is 17.7 Å². The van der Waals surface area contributed by atoms with Crippen molar-refractivity contribution < 1.29 is 29.7 Å². The molecular formula is C24H48N4O6. The van der Waals surface area contributed by atoms with Gasteiger partial charge in [-0.2, -0.15) is 11.1 Å². The number of carboxylic acid groups (broad SMARTS) is 3. The maximum absolute atomic E-state index is 11.5. The van der Waals surface area contributed by atoms with Crippen LogP contribution in [-0.4, -0.2) is 39.8 Å². The van der Waals surface area contributed by atoms with Crippen LogP contribution in [-0.2, 0) is 14.4 Å². The summed E-state index contributed by atoms with van der Waals surface area (Å²) in [5, 5.41) is 27.4. The SMILES string of the molecule is NNNNCCCCCCCCCCCCCCC(CCCC(CCC(=O)O)C(=O)O)C(=O)O. The van der Waals surface area contributed by atoms with Crippen LogP contribution in [0.3, 0.4) is 0 Å². The van der Waals surface area contributed by atoms with Crippen molar-refractivity contribution in [1.82, 2.24) is 16.5 Å². The summed E-state index contributed by atoms with van der Waals surface area (Å²) in [6.07, 6.45) is 16.0. The van der Waals surface area contributed by atoms with Gasteiger partial charge >= 0.3 is 17.9 Å². The van der Waals surface area contributed by atoms with Crippen LogP contribution < -0.4 is 22.3 Å². The van der Waals surface area contributed by atoms with Gasteiger partial charge in [0.15, 0.2) is 0 Å². The molecule has 10 heteroatoms. The van der Waals surface area contributed by atoms with Crippen molar-refractivity contribution in [2.45, 2.75) is 116 Å². The molecule has 10 nitrogen and oxygen atoms in total. The fourth-order valence-corrected chi connectivity index (χ4v) is 4.18. The molecule has 0 aliphatic carbocycles. The first-order valence-electron chi connectivity index (χ1n) is 13.0. The largest absolute Gasteiger partial charge is 0.481 e. The van der Waals surface area contributed by atoms with Crippen molar-refractivity contribution in [1.29, 1.82) is 0 Å². The monoisotopic (exact) mass is 488 g/mol. The first-order chi connectivity index (χ1) is 16.4. The highest BCUT2D eigenvalue weighted by molar-refractivity contribution is 5.72. The molecule has 0 spiro atoms. The Morgan fingerprint density at radius 2 is 1.00 bits per heavy atom. The van der Waals surface area contributed by atoms with Gasteiger partial charge in [0.25, 0.3) is 0 Å². The van der Waals surface area contributed by atoms with Gasteiger partial charge in [0.2, 0.25) is 0 Å². The van der Waals surface area contributed by atoms with Gasteiger partial charge in [-0.1, -0.05) is 77.0 Å². The van der Waals surface area contributed by atoms with E-state index in [0.29, 0.717) is 25.7 Å². The Morgan fingerprint density at radius 3 is 1.44 bits per heavy atom. The van der Waals surface area contributed by atoms with E-state index in [9.17, 15) is 24.6 Å². The molecule has 0 saturated carbocycles. The second-order valence-corrected chi connectivity index (χ2v) is 9.16. The lowest BCUT2D eigenvalue weighted by molar-refractivity contribution is -0.143. The number of aliphatic carboxylic acids is 3. The molecular weight excluding hydrogens is 440 g/mol. The van der Waals surface area contributed by atoms with Crippen LogP contribution in [0.1, 0.15) is 116 Å². The Balaban J connectivity index is 3.67. The Hall–Kier alpha value is -1.75. The van der Waals surface area contributed by atoms with Gasteiger partial charge in [0.1, 0.15) is 0 Å². The van der Waals surface area contributed by atoms with Crippen molar-refractivity contribution in [3.8, 4) is 0 Å². The lowest BCUT2D eigenvalue weighted by Gasteiger charge is -2.15.